The third-order valence-corrected chi connectivity index (χ3v) is 3.39. The maximum absolute atomic E-state index is 9.24. The van der Waals surface area contributed by atoms with E-state index in [9.17, 15) is 5.11 Å². The van der Waals surface area contributed by atoms with Gasteiger partial charge in [-0.1, -0.05) is 0 Å². The highest BCUT2D eigenvalue weighted by Gasteiger charge is 2.22. The molecular weight excluding hydrogens is 186 g/mol. The standard InChI is InChI=1S/C9H13NO2S/c1-6(11)8-4-10-9(12-8)7-2-3-13-5-7/h4,6-7,11H,2-3,5H2,1H3. The fourth-order valence-electron chi connectivity index (χ4n) is 1.41. The smallest absolute Gasteiger partial charge is 0.198 e. The van der Waals surface area contributed by atoms with Crippen molar-refractivity contribution in [2.24, 2.45) is 0 Å². The van der Waals surface area contributed by atoms with Crippen molar-refractivity contribution < 1.29 is 9.52 Å². The predicted octanol–water partition coefficient (Wildman–Crippen LogP) is 1.95. The van der Waals surface area contributed by atoms with E-state index in [-0.39, 0.29) is 0 Å². The van der Waals surface area contributed by atoms with Gasteiger partial charge in [-0.2, -0.15) is 11.8 Å². The van der Waals surface area contributed by atoms with Crippen LogP contribution in [0.3, 0.4) is 0 Å². The minimum Gasteiger partial charge on any atom is -0.443 e. The topological polar surface area (TPSA) is 46.3 Å². The van der Waals surface area contributed by atoms with E-state index in [2.05, 4.69) is 4.98 Å². The lowest BCUT2D eigenvalue weighted by Crippen LogP contribution is -1.95. The van der Waals surface area contributed by atoms with E-state index in [4.69, 9.17) is 4.42 Å². The third-order valence-electron chi connectivity index (χ3n) is 2.23. The molecule has 0 radical (unpaired) electrons. The van der Waals surface area contributed by atoms with Gasteiger partial charge in [0.05, 0.1) is 6.20 Å². The number of nitrogens with zero attached hydrogens (tertiary/aromatic N) is 1. The molecule has 2 rings (SSSR count). The zero-order valence-electron chi connectivity index (χ0n) is 7.56. The lowest BCUT2D eigenvalue weighted by molar-refractivity contribution is 0.166. The van der Waals surface area contributed by atoms with Gasteiger partial charge in [0, 0.05) is 11.7 Å². The molecule has 1 fully saturated rings. The molecule has 2 heterocycles. The molecule has 2 unspecified atom stereocenters. The summed E-state index contributed by atoms with van der Waals surface area (Å²) >= 11 is 1.93. The fourth-order valence-corrected chi connectivity index (χ4v) is 2.62. The Hall–Kier alpha value is -0.480. The van der Waals surface area contributed by atoms with Crippen LogP contribution in [0.1, 0.15) is 37.0 Å². The molecule has 1 aliphatic rings. The summed E-state index contributed by atoms with van der Waals surface area (Å²) in [6, 6.07) is 0. The number of hydrogen-bond acceptors (Lipinski definition) is 4. The molecule has 13 heavy (non-hydrogen) atoms. The van der Waals surface area contributed by atoms with Crippen molar-refractivity contribution in [1.29, 1.82) is 0 Å². The molecule has 2 atom stereocenters. The van der Waals surface area contributed by atoms with Crippen LogP contribution in [0.5, 0.6) is 0 Å². The molecule has 1 saturated heterocycles. The van der Waals surface area contributed by atoms with Crippen molar-refractivity contribution >= 4 is 11.8 Å². The summed E-state index contributed by atoms with van der Waals surface area (Å²) < 4.78 is 5.45. The first kappa shape index (κ1) is 9.09. The van der Waals surface area contributed by atoms with Crippen LogP contribution < -0.4 is 0 Å². The number of rotatable bonds is 2. The van der Waals surface area contributed by atoms with E-state index in [1.54, 1.807) is 13.1 Å². The Kier molecular flexibility index (Phi) is 2.60. The van der Waals surface area contributed by atoms with Gasteiger partial charge in [-0.3, -0.25) is 0 Å². The summed E-state index contributed by atoms with van der Waals surface area (Å²) in [7, 11) is 0. The summed E-state index contributed by atoms with van der Waals surface area (Å²) in [5, 5.41) is 9.24. The van der Waals surface area contributed by atoms with Gasteiger partial charge in [0.1, 0.15) is 6.10 Å². The lowest BCUT2D eigenvalue weighted by atomic mass is 10.1. The largest absolute Gasteiger partial charge is 0.443 e. The Balaban J connectivity index is 2.12. The minimum atomic E-state index is -0.546. The summed E-state index contributed by atoms with van der Waals surface area (Å²) in [5.74, 6) is 4.11. The molecule has 0 aromatic carbocycles. The molecule has 1 N–H and O–H groups in total. The third kappa shape index (κ3) is 1.89. The highest BCUT2D eigenvalue weighted by molar-refractivity contribution is 7.99. The van der Waals surface area contributed by atoms with E-state index in [1.165, 1.54) is 5.75 Å². The number of thioether (sulfide) groups is 1. The maximum Gasteiger partial charge on any atom is 0.198 e. The zero-order valence-corrected chi connectivity index (χ0v) is 8.38. The maximum atomic E-state index is 9.24. The van der Waals surface area contributed by atoms with Crippen molar-refractivity contribution in [1.82, 2.24) is 4.98 Å². The molecule has 4 heteroatoms. The van der Waals surface area contributed by atoms with Crippen LogP contribution in [0.4, 0.5) is 0 Å². The quantitative estimate of drug-likeness (QED) is 0.790. The number of hydrogen-bond donors (Lipinski definition) is 1. The van der Waals surface area contributed by atoms with Gasteiger partial charge in [0.25, 0.3) is 0 Å². The van der Waals surface area contributed by atoms with Crippen LogP contribution in [0.15, 0.2) is 10.6 Å². The molecule has 72 valence electrons. The highest BCUT2D eigenvalue weighted by atomic mass is 32.2. The average molecular weight is 199 g/mol. The molecule has 0 aliphatic carbocycles. The summed E-state index contributed by atoms with van der Waals surface area (Å²) in [4.78, 5) is 4.18. The van der Waals surface area contributed by atoms with E-state index < -0.39 is 6.10 Å². The Bertz CT molecular complexity index is 279. The fraction of sp³-hybridized carbons (Fsp3) is 0.667. The molecule has 1 aromatic rings. The Morgan fingerprint density at radius 1 is 1.77 bits per heavy atom. The van der Waals surface area contributed by atoms with Crippen molar-refractivity contribution in [3.8, 4) is 0 Å². The molecule has 0 saturated carbocycles. The van der Waals surface area contributed by atoms with Crippen LogP contribution in [0, 0.1) is 0 Å². The SMILES string of the molecule is CC(O)c1cnc(C2CCSC2)o1. The molecule has 0 bridgehead atoms. The van der Waals surface area contributed by atoms with Gasteiger partial charge >= 0.3 is 0 Å². The van der Waals surface area contributed by atoms with E-state index in [0.717, 1.165) is 18.1 Å². The predicted molar refractivity (Wildman–Crippen MR) is 51.8 cm³/mol. The molecule has 3 nitrogen and oxygen atoms in total. The first-order chi connectivity index (χ1) is 6.27. The van der Waals surface area contributed by atoms with Crippen LogP contribution in [-0.4, -0.2) is 21.6 Å². The van der Waals surface area contributed by atoms with Gasteiger partial charge in [0.2, 0.25) is 0 Å². The molecule has 0 spiro atoms. The van der Waals surface area contributed by atoms with Gasteiger partial charge in [0.15, 0.2) is 11.7 Å². The van der Waals surface area contributed by atoms with Gasteiger partial charge < -0.3 is 9.52 Å². The number of aromatic nitrogens is 1. The van der Waals surface area contributed by atoms with Crippen LogP contribution in [0.25, 0.3) is 0 Å². The lowest BCUT2D eigenvalue weighted by Gasteiger charge is -2.01. The molecule has 1 aliphatic heterocycles. The van der Waals surface area contributed by atoms with Crippen LogP contribution >= 0.6 is 11.8 Å². The van der Waals surface area contributed by atoms with Crippen molar-refractivity contribution in [2.75, 3.05) is 11.5 Å². The van der Waals surface area contributed by atoms with E-state index >= 15 is 0 Å². The Labute approximate surface area is 81.5 Å². The molecule has 1 aromatic heterocycles. The summed E-state index contributed by atoms with van der Waals surface area (Å²) in [6.07, 6.45) is 2.23. The highest BCUT2D eigenvalue weighted by Crippen LogP contribution is 2.32. The van der Waals surface area contributed by atoms with E-state index in [0.29, 0.717) is 11.7 Å². The number of aliphatic hydroxyl groups is 1. The van der Waals surface area contributed by atoms with Gasteiger partial charge in [-0.15, -0.1) is 0 Å². The average Bonchev–Trinajstić information content (AvgIpc) is 2.75. The zero-order chi connectivity index (χ0) is 9.26. The van der Waals surface area contributed by atoms with Crippen LogP contribution in [0.2, 0.25) is 0 Å². The minimum absolute atomic E-state index is 0.456. The van der Waals surface area contributed by atoms with Crippen molar-refractivity contribution in [3.05, 3.63) is 17.8 Å². The second-order valence-electron chi connectivity index (χ2n) is 3.34. The first-order valence-corrected chi connectivity index (χ1v) is 5.64. The monoisotopic (exact) mass is 199 g/mol. The normalized spacial score (nSPS) is 24.9. The molecule has 0 amide bonds. The summed E-state index contributed by atoms with van der Waals surface area (Å²) in [5.41, 5.74) is 0. The van der Waals surface area contributed by atoms with Crippen LogP contribution in [-0.2, 0) is 0 Å². The van der Waals surface area contributed by atoms with Crippen molar-refractivity contribution in [3.63, 3.8) is 0 Å². The first-order valence-electron chi connectivity index (χ1n) is 4.49. The Morgan fingerprint density at radius 2 is 2.62 bits per heavy atom. The van der Waals surface area contributed by atoms with Gasteiger partial charge in [-0.05, 0) is 19.1 Å². The Morgan fingerprint density at radius 3 is 3.15 bits per heavy atom. The second-order valence-corrected chi connectivity index (χ2v) is 4.49. The second kappa shape index (κ2) is 3.72. The number of oxazole rings is 1. The van der Waals surface area contributed by atoms with Gasteiger partial charge in [-0.25, -0.2) is 4.98 Å². The van der Waals surface area contributed by atoms with Crippen molar-refractivity contribution in [2.45, 2.75) is 25.4 Å². The summed E-state index contributed by atoms with van der Waals surface area (Å²) in [6.45, 7) is 1.69. The number of aliphatic hydroxyl groups excluding tert-OH is 1. The molecular formula is C9H13NO2S. The van der Waals surface area contributed by atoms with E-state index in [1.807, 2.05) is 11.8 Å².